The fraction of sp³-hybridized carbons (Fsp3) is 0.444. The van der Waals surface area contributed by atoms with Crippen LogP contribution < -0.4 is 4.90 Å². The number of hydrogen-bond acceptors (Lipinski definition) is 5. The minimum atomic E-state index is -2.88. The Morgan fingerprint density at radius 1 is 1.27 bits per heavy atom. The van der Waals surface area contributed by atoms with Crippen LogP contribution in [0.1, 0.15) is 10.6 Å². The van der Waals surface area contributed by atoms with Crippen molar-refractivity contribution in [2.75, 3.05) is 29.5 Å². The van der Waals surface area contributed by atoms with Crippen molar-refractivity contribution in [2.24, 2.45) is 0 Å². The molecule has 0 atom stereocenters. The maximum Gasteiger partial charge on any atom is 0.196 e. The lowest BCUT2D eigenvalue weighted by atomic mass is 10.4. The predicted octanol–water partition coefficient (Wildman–Crippen LogP) is 0.327. The number of carbonyl (C=O) groups excluding carboxylic acids is 1. The lowest BCUT2D eigenvalue weighted by molar-refractivity contribution is 0.110. The van der Waals surface area contributed by atoms with Crippen LogP contribution in [-0.4, -0.2) is 39.3 Å². The van der Waals surface area contributed by atoms with Gasteiger partial charge in [0.2, 0.25) is 0 Å². The van der Waals surface area contributed by atoms with E-state index in [0.29, 0.717) is 25.3 Å². The van der Waals surface area contributed by atoms with Crippen molar-refractivity contribution in [2.45, 2.75) is 0 Å². The maximum absolute atomic E-state index is 11.2. The summed E-state index contributed by atoms with van der Waals surface area (Å²) in [5, 5.41) is 0. The molecule has 6 heteroatoms. The molecule has 2 rings (SSSR count). The Bertz CT molecular complexity index is 448. The lowest BCUT2D eigenvalue weighted by Crippen LogP contribution is -2.40. The average molecular weight is 229 g/mol. The van der Waals surface area contributed by atoms with Crippen molar-refractivity contribution < 1.29 is 17.6 Å². The first-order valence-electron chi connectivity index (χ1n) is 4.61. The van der Waals surface area contributed by atoms with Crippen molar-refractivity contribution in [3.8, 4) is 0 Å². The largest absolute Gasteiger partial charge is 0.438 e. The van der Waals surface area contributed by atoms with Crippen molar-refractivity contribution in [3.05, 3.63) is 17.9 Å². The first kappa shape index (κ1) is 10.2. The van der Waals surface area contributed by atoms with E-state index < -0.39 is 9.84 Å². The molecule has 1 fully saturated rings. The van der Waals surface area contributed by atoms with Crippen LogP contribution in [0.2, 0.25) is 0 Å². The summed E-state index contributed by atoms with van der Waals surface area (Å²) >= 11 is 0. The van der Waals surface area contributed by atoms with Gasteiger partial charge >= 0.3 is 0 Å². The molecular formula is C9H11NO4S. The van der Waals surface area contributed by atoms with E-state index in [1.807, 2.05) is 4.90 Å². The van der Waals surface area contributed by atoms with Gasteiger partial charge in [0.1, 0.15) is 0 Å². The molecule has 82 valence electrons. The first-order chi connectivity index (χ1) is 7.11. The highest BCUT2D eigenvalue weighted by atomic mass is 32.2. The van der Waals surface area contributed by atoms with Crippen LogP contribution >= 0.6 is 0 Å². The Hall–Kier alpha value is -1.30. The predicted molar refractivity (Wildman–Crippen MR) is 55.0 cm³/mol. The van der Waals surface area contributed by atoms with Crippen LogP contribution in [0, 0.1) is 0 Å². The minimum absolute atomic E-state index is 0.143. The Morgan fingerprint density at radius 3 is 2.47 bits per heavy atom. The normalized spacial score (nSPS) is 20.1. The summed E-state index contributed by atoms with van der Waals surface area (Å²) in [6.07, 6.45) is 0.629. The molecule has 0 aliphatic carbocycles. The topological polar surface area (TPSA) is 67.6 Å². The number of anilines is 1. The number of furan rings is 1. The van der Waals surface area contributed by atoms with Gasteiger partial charge in [0, 0.05) is 19.2 Å². The van der Waals surface area contributed by atoms with Crippen LogP contribution in [0.5, 0.6) is 0 Å². The minimum Gasteiger partial charge on any atom is -0.438 e. The Labute approximate surface area is 87.6 Å². The van der Waals surface area contributed by atoms with Gasteiger partial charge < -0.3 is 9.32 Å². The fourth-order valence-electron chi connectivity index (χ4n) is 1.51. The molecule has 1 aromatic heterocycles. The molecule has 0 aromatic carbocycles. The van der Waals surface area contributed by atoms with E-state index in [4.69, 9.17) is 4.42 Å². The summed E-state index contributed by atoms with van der Waals surface area (Å²) in [4.78, 5) is 12.2. The van der Waals surface area contributed by atoms with Crippen molar-refractivity contribution in [1.82, 2.24) is 0 Å². The standard InChI is InChI=1S/C9H11NO4S/c11-7-8-1-2-9(14-8)10-3-5-15(12,13)6-4-10/h1-2,7H,3-6H2. The highest BCUT2D eigenvalue weighted by Crippen LogP contribution is 2.19. The van der Waals surface area contributed by atoms with Gasteiger partial charge in [0.15, 0.2) is 27.8 Å². The molecule has 5 nitrogen and oxygen atoms in total. The monoisotopic (exact) mass is 229 g/mol. The molecule has 1 saturated heterocycles. The maximum atomic E-state index is 11.2. The number of aldehydes is 1. The Balaban J connectivity index is 2.10. The summed E-state index contributed by atoms with van der Waals surface area (Å²) in [6.45, 7) is 0.849. The molecule has 1 aliphatic rings. The van der Waals surface area contributed by atoms with Crippen molar-refractivity contribution >= 4 is 22.0 Å². The summed E-state index contributed by atoms with van der Waals surface area (Å²) < 4.78 is 27.6. The second-order valence-electron chi connectivity index (χ2n) is 3.43. The molecule has 0 bridgehead atoms. The highest BCUT2D eigenvalue weighted by molar-refractivity contribution is 7.91. The highest BCUT2D eigenvalue weighted by Gasteiger charge is 2.23. The van der Waals surface area contributed by atoms with E-state index in [2.05, 4.69) is 0 Å². The van der Waals surface area contributed by atoms with E-state index in [9.17, 15) is 13.2 Å². The molecule has 15 heavy (non-hydrogen) atoms. The zero-order chi connectivity index (χ0) is 10.9. The van der Waals surface area contributed by atoms with E-state index in [1.54, 1.807) is 12.1 Å². The lowest BCUT2D eigenvalue weighted by Gasteiger charge is -2.25. The Morgan fingerprint density at radius 2 is 1.93 bits per heavy atom. The van der Waals surface area contributed by atoms with Gasteiger partial charge in [0.25, 0.3) is 0 Å². The van der Waals surface area contributed by atoms with Crippen LogP contribution in [0.25, 0.3) is 0 Å². The van der Waals surface area contributed by atoms with E-state index in [1.165, 1.54) is 0 Å². The van der Waals surface area contributed by atoms with Crippen LogP contribution in [0.4, 0.5) is 5.88 Å². The summed E-state index contributed by atoms with van der Waals surface area (Å²) in [5.41, 5.74) is 0. The molecule has 1 aliphatic heterocycles. The molecule has 2 heterocycles. The van der Waals surface area contributed by atoms with Crippen LogP contribution in [-0.2, 0) is 9.84 Å². The van der Waals surface area contributed by atoms with Gasteiger partial charge in [-0.3, -0.25) is 4.79 Å². The molecule has 0 N–H and O–H groups in total. The third-order valence-electron chi connectivity index (χ3n) is 2.38. The van der Waals surface area contributed by atoms with Gasteiger partial charge in [-0.25, -0.2) is 8.42 Å². The SMILES string of the molecule is O=Cc1ccc(N2CCS(=O)(=O)CC2)o1. The van der Waals surface area contributed by atoms with Gasteiger partial charge in [-0.05, 0) is 6.07 Å². The molecule has 0 spiro atoms. The average Bonchev–Trinajstić information content (AvgIpc) is 2.66. The van der Waals surface area contributed by atoms with Gasteiger partial charge in [-0.15, -0.1) is 0 Å². The van der Waals surface area contributed by atoms with Gasteiger partial charge in [0.05, 0.1) is 11.5 Å². The molecule has 0 amide bonds. The van der Waals surface area contributed by atoms with Crippen molar-refractivity contribution in [1.29, 1.82) is 0 Å². The molecule has 0 unspecified atom stereocenters. The molecular weight excluding hydrogens is 218 g/mol. The summed E-state index contributed by atoms with van der Waals surface area (Å²) in [7, 11) is -2.88. The van der Waals surface area contributed by atoms with E-state index >= 15 is 0 Å². The van der Waals surface area contributed by atoms with Gasteiger partial charge in [-0.1, -0.05) is 0 Å². The number of hydrogen-bond donors (Lipinski definition) is 0. The number of sulfone groups is 1. The van der Waals surface area contributed by atoms with Gasteiger partial charge in [-0.2, -0.15) is 0 Å². The third-order valence-corrected chi connectivity index (χ3v) is 3.99. The van der Waals surface area contributed by atoms with Crippen LogP contribution in [0.15, 0.2) is 16.5 Å². The zero-order valence-electron chi connectivity index (χ0n) is 8.05. The first-order valence-corrected chi connectivity index (χ1v) is 6.43. The summed E-state index contributed by atoms with van der Waals surface area (Å²) in [6, 6.07) is 3.26. The second kappa shape index (κ2) is 3.69. The number of nitrogens with zero attached hydrogens (tertiary/aromatic N) is 1. The zero-order valence-corrected chi connectivity index (χ0v) is 8.87. The third kappa shape index (κ3) is 2.20. The molecule has 0 radical (unpaired) electrons. The number of carbonyl (C=O) groups is 1. The van der Waals surface area contributed by atoms with E-state index in [0.717, 1.165) is 0 Å². The smallest absolute Gasteiger partial charge is 0.196 e. The van der Waals surface area contributed by atoms with Crippen molar-refractivity contribution in [3.63, 3.8) is 0 Å². The molecule has 1 aromatic rings. The second-order valence-corrected chi connectivity index (χ2v) is 5.74. The number of rotatable bonds is 2. The Kier molecular flexibility index (Phi) is 2.52. The fourth-order valence-corrected chi connectivity index (χ4v) is 2.71. The van der Waals surface area contributed by atoms with Crippen LogP contribution in [0.3, 0.4) is 0 Å². The van der Waals surface area contributed by atoms with E-state index in [-0.39, 0.29) is 17.3 Å². The molecule has 0 saturated carbocycles. The summed E-state index contributed by atoms with van der Waals surface area (Å²) in [5.74, 6) is 1.11. The quantitative estimate of drug-likeness (QED) is 0.683.